The SMILES string of the molecule is C1=CC2=C(CN1)CNc1c2ccc2ccncc12. The quantitative estimate of drug-likeness (QED) is 0.736. The molecule has 3 heterocycles. The Morgan fingerprint density at radius 3 is 3.11 bits per heavy atom. The molecule has 1 aromatic carbocycles. The van der Waals surface area contributed by atoms with E-state index >= 15 is 0 Å². The van der Waals surface area contributed by atoms with Crippen LogP contribution >= 0.6 is 0 Å². The highest BCUT2D eigenvalue weighted by Gasteiger charge is 2.19. The third-order valence-corrected chi connectivity index (χ3v) is 3.66. The smallest absolute Gasteiger partial charge is 0.0517 e. The fourth-order valence-electron chi connectivity index (χ4n) is 2.75. The first-order valence-electron chi connectivity index (χ1n) is 6.16. The van der Waals surface area contributed by atoms with Gasteiger partial charge < -0.3 is 10.6 Å². The molecule has 4 rings (SSSR count). The Morgan fingerprint density at radius 1 is 1.11 bits per heavy atom. The number of allylic oxidation sites excluding steroid dienone is 2. The second kappa shape index (κ2) is 3.60. The molecule has 0 fully saturated rings. The van der Waals surface area contributed by atoms with Crippen molar-refractivity contribution >= 4 is 22.0 Å². The van der Waals surface area contributed by atoms with Gasteiger partial charge in [0.05, 0.1) is 5.69 Å². The number of hydrogen-bond acceptors (Lipinski definition) is 3. The van der Waals surface area contributed by atoms with Crippen LogP contribution in [0.3, 0.4) is 0 Å². The predicted molar refractivity (Wildman–Crippen MR) is 74.3 cm³/mol. The second-order valence-electron chi connectivity index (χ2n) is 4.67. The van der Waals surface area contributed by atoms with Crippen LogP contribution in [0.15, 0.2) is 48.4 Å². The number of anilines is 1. The number of nitrogens with one attached hydrogen (secondary N) is 2. The van der Waals surface area contributed by atoms with Gasteiger partial charge in [0, 0.05) is 36.4 Å². The largest absolute Gasteiger partial charge is 0.387 e. The van der Waals surface area contributed by atoms with Crippen molar-refractivity contribution in [2.24, 2.45) is 0 Å². The summed E-state index contributed by atoms with van der Waals surface area (Å²) in [6, 6.07) is 6.43. The zero-order valence-electron chi connectivity index (χ0n) is 9.90. The van der Waals surface area contributed by atoms with Gasteiger partial charge in [-0.1, -0.05) is 12.1 Å². The Bertz CT molecular complexity index is 698. The van der Waals surface area contributed by atoms with E-state index in [0.717, 1.165) is 13.1 Å². The maximum absolute atomic E-state index is 4.24. The first-order chi connectivity index (χ1) is 8.93. The normalized spacial score (nSPS) is 16.9. The van der Waals surface area contributed by atoms with E-state index in [1.54, 1.807) is 0 Å². The summed E-state index contributed by atoms with van der Waals surface area (Å²) in [5, 5.41) is 9.23. The molecule has 1 aromatic heterocycles. The van der Waals surface area contributed by atoms with Crippen LogP contribution in [0.25, 0.3) is 16.3 Å². The number of rotatable bonds is 0. The van der Waals surface area contributed by atoms with Crippen LogP contribution in [0.4, 0.5) is 5.69 Å². The maximum atomic E-state index is 4.24. The third-order valence-electron chi connectivity index (χ3n) is 3.66. The molecule has 0 unspecified atom stereocenters. The molecule has 2 aliphatic rings. The van der Waals surface area contributed by atoms with Gasteiger partial charge in [0.1, 0.15) is 0 Å². The second-order valence-corrected chi connectivity index (χ2v) is 4.67. The van der Waals surface area contributed by atoms with E-state index in [1.807, 2.05) is 18.6 Å². The molecule has 0 aliphatic carbocycles. The number of aromatic nitrogens is 1. The summed E-state index contributed by atoms with van der Waals surface area (Å²) in [5.41, 5.74) is 5.28. The molecule has 0 saturated carbocycles. The third kappa shape index (κ3) is 1.27. The van der Waals surface area contributed by atoms with Crippen molar-refractivity contribution in [1.29, 1.82) is 0 Å². The van der Waals surface area contributed by atoms with E-state index in [4.69, 9.17) is 0 Å². The van der Waals surface area contributed by atoms with Gasteiger partial charge in [0.25, 0.3) is 0 Å². The number of hydrogen-bond donors (Lipinski definition) is 2. The average Bonchev–Trinajstić information content (AvgIpc) is 2.46. The van der Waals surface area contributed by atoms with Crippen LogP contribution in [0.5, 0.6) is 0 Å². The number of fused-ring (bicyclic) bond motifs is 4. The molecule has 0 amide bonds. The summed E-state index contributed by atoms with van der Waals surface area (Å²) < 4.78 is 0. The van der Waals surface area contributed by atoms with Crippen LogP contribution in [0, 0.1) is 0 Å². The van der Waals surface area contributed by atoms with Gasteiger partial charge >= 0.3 is 0 Å². The lowest BCUT2D eigenvalue weighted by molar-refractivity contribution is 0.901. The fraction of sp³-hybridized carbons (Fsp3) is 0.133. The van der Waals surface area contributed by atoms with E-state index < -0.39 is 0 Å². The van der Waals surface area contributed by atoms with E-state index in [9.17, 15) is 0 Å². The lowest BCUT2D eigenvalue weighted by atomic mass is 9.91. The molecule has 0 saturated heterocycles. The van der Waals surface area contributed by atoms with E-state index in [1.165, 1.54) is 33.2 Å². The van der Waals surface area contributed by atoms with Crippen LogP contribution in [-0.2, 0) is 0 Å². The van der Waals surface area contributed by atoms with Crippen molar-refractivity contribution < 1.29 is 0 Å². The van der Waals surface area contributed by atoms with E-state index in [2.05, 4.69) is 39.9 Å². The Kier molecular flexibility index (Phi) is 1.94. The Labute approximate surface area is 105 Å². The van der Waals surface area contributed by atoms with E-state index in [0.29, 0.717) is 0 Å². The topological polar surface area (TPSA) is 37.0 Å². The zero-order valence-corrected chi connectivity index (χ0v) is 9.90. The fourth-order valence-corrected chi connectivity index (χ4v) is 2.75. The number of pyridine rings is 1. The Balaban J connectivity index is 2.03. The highest BCUT2D eigenvalue weighted by atomic mass is 14.9. The van der Waals surface area contributed by atoms with Crippen molar-refractivity contribution in [3.05, 3.63) is 54.0 Å². The van der Waals surface area contributed by atoms with Crippen molar-refractivity contribution in [3.8, 4) is 0 Å². The van der Waals surface area contributed by atoms with E-state index in [-0.39, 0.29) is 0 Å². The standard InChI is InChI=1S/C15H13N3/c1-2-13-12-4-6-16-7-11(12)8-18-15(13)14-9-17-5-3-10(1)14/h1-6,9,16,18H,7-8H2. The molecule has 3 heteroatoms. The van der Waals surface area contributed by atoms with Gasteiger partial charge in [-0.2, -0.15) is 0 Å². The van der Waals surface area contributed by atoms with Gasteiger partial charge in [0.2, 0.25) is 0 Å². The Hall–Kier alpha value is -2.29. The molecule has 0 bridgehead atoms. The first-order valence-corrected chi connectivity index (χ1v) is 6.16. The minimum absolute atomic E-state index is 0.910. The molecule has 2 N–H and O–H groups in total. The molecular weight excluding hydrogens is 222 g/mol. The van der Waals surface area contributed by atoms with Crippen molar-refractivity contribution in [1.82, 2.24) is 10.3 Å². The monoisotopic (exact) mass is 235 g/mol. The summed E-state index contributed by atoms with van der Waals surface area (Å²) in [6.45, 7) is 1.84. The average molecular weight is 235 g/mol. The van der Waals surface area contributed by atoms with Gasteiger partial charge in [0.15, 0.2) is 0 Å². The summed E-state index contributed by atoms with van der Waals surface area (Å²) in [4.78, 5) is 4.24. The van der Waals surface area contributed by atoms with Crippen LogP contribution in [-0.4, -0.2) is 18.1 Å². The van der Waals surface area contributed by atoms with Gasteiger partial charge in [-0.05, 0) is 34.9 Å². The molecule has 2 aliphatic heterocycles. The number of nitrogens with zero attached hydrogens (tertiary/aromatic N) is 1. The number of benzene rings is 1. The summed E-state index contributed by atoms with van der Waals surface area (Å²) in [6.07, 6.45) is 7.98. The predicted octanol–water partition coefficient (Wildman–Crippen LogP) is 2.53. The van der Waals surface area contributed by atoms with Gasteiger partial charge in [-0.25, -0.2) is 0 Å². The van der Waals surface area contributed by atoms with Gasteiger partial charge in [-0.15, -0.1) is 0 Å². The minimum Gasteiger partial charge on any atom is -0.387 e. The van der Waals surface area contributed by atoms with Crippen molar-refractivity contribution in [2.75, 3.05) is 18.4 Å². The molecule has 0 atom stereocenters. The van der Waals surface area contributed by atoms with Crippen molar-refractivity contribution in [2.45, 2.75) is 0 Å². The van der Waals surface area contributed by atoms with Crippen LogP contribution < -0.4 is 10.6 Å². The molecule has 0 spiro atoms. The molecule has 2 aromatic rings. The highest BCUT2D eigenvalue weighted by Crippen LogP contribution is 2.37. The molecular formula is C15H13N3. The first kappa shape index (κ1) is 9.71. The Morgan fingerprint density at radius 2 is 2.11 bits per heavy atom. The lowest BCUT2D eigenvalue weighted by Crippen LogP contribution is -2.24. The highest BCUT2D eigenvalue weighted by molar-refractivity contribution is 6.02. The molecule has 18 heavy (non-hydrogen) atoms. The van der Waals surface area contributed by atoms with Crippen LogP contribution in [0.1, 0.15) is 5.56 Å². The summed E-state index contributed by atoms with van der Waals surface area (Å²) in [7, 11) is 0. The molecule has 3 nitrogen and oxygen atoms in total. The molecule has 88 valence electrons. The van der Waals surface area contributed by atoms with Gasteiger partial charge in [-0.3, -0.25) is 4.98 Å². The summed E-state index contributed by atoms with van der Waals surface area (Å²) >= 11 is 0. The maximum Gasteiger partial charge on any atom is 0.0517 e. The lowest BCUT2D eigenvalue weighted by Gasteiger charge is -2.26. The van der Waals surface area contributed by atoms with Crippen LogP contribution in [0.2, 0.25) is 0 Å². The minimum atomic E-state index is 0.910. The summed E-state index contributed by atoms with van der Waals surface area (Å²) in [5.74, 6) is 0. The van der Waals surface area contributed by atoms with Crippen molar-refractivity contribution in [3.63, 3.8) is 0 Å². The zero-order chi connectivity index (χ0) is 11.9. The molecule has 0 radical (unpaired) electrons. The number of dihydropyridines is 1.